The van der Waals surface area contributed by atoms with Gasteiger partial charge in [-0.25, -0.2) is 4.79 Å². The molecule has 8 nitrogen and oxygen atoms in total. The van der Waals surface area contributed by atoms with Gasteiger partial charge in [0.15, 0.2) is 0 Å². The number of hydrogen-bond donors (Lipinski definition) is 3. The van der Waals surface area contributed by atoms with Crippen LogP contribution in [0, 0.1) is 0 Å². The quantitative estimate of drug-likeness (QED) is 0.364. The van der Waals surface area contributed by atoms with E-state index in [1.807, 2.05) is 37.3 Å². The first-order valence-electron chi connectivity index (χ1n) is 13.5. The first-order valence-corrected chi connectivity index (χ1v) is 13.5. The molecule has 206 valence electrons. The Hall–Kier alpha value is -3.55. The van der Waals surface area contributed by atoms with Crippen LogP contribution in [0.3, 0.4) is 0 Å². The highest BCUT2D eigenvalue weighted by Crippen LogP contribution is 2.36. The van der Waals surface area contributed by atoms with Crippen LogP contribution in [0.4, 0.5) is 4.79 Å². The average Bonchev–Trinajstić information content (AvgIpc) is 2.82. The smallest absolute Gasteiger partial charge is 0.408 e. The minimum absolute atomic E-state index is 0.0556. The van der Waals surface area contributed by atoms with Gasteiger partial charge >= 0.3 is 6.09 Å². The molecule has 2 unspecified atom stereocenters. The van der Waals surface area contributed by atoms with E-state index in [9.17, 15) is 19.5 Å². The van der Waals surface area contributed by atoms with Gasteiger partial charge in [0, 0.05) is 24.6 Å². The third-order valence-electron chi connectivity index (χ3n) is 6.58. The number of nitrogens with one attached hydrogen (secondary N) is 2. The molecule has 0 saturated heterocycles. The lowest BCUT2D eigenvalue weighted by Crippen LogP contribution is -2.58. The number of phenolic OH excluding ortho intramolecular Hbond substituents is 1. The van der Waals surface area contributed by atoms with Gasteiger partial charge in [0.2, 0.25) is 11.8 Å². The lowest BCUT2D eigenvalue weighted by molar-refractivity contribution is -0.147. The maximum absolute atomic E-state index is 14.3. The fourth-order valence-corrected chi connectivity index (χ4v) is 4.48. The largest absolute Gasteiger partial charge is 0.508 e. The topological polar surface area (TPSA) is 108 Å². The molecule has 0 heterocycles. The molecule has 1 fully saturated rings. The fraction of sp³-hybridized carbons (Fsp3) is 0.500. The Kier molecular flexibility index (Phi) is 10.2. The number of para-hydroxylation sites is 1. The summed E-state index contributed by atoms with van der Waals surface area (Å²) in [7, 11) is 0. The molecular formula is C30H41N3O5. The molecule has 0 radical (unpaired) electrons. The highest BCUT2D eigenvalue weighted by Gasteiger charge is 2.42. The molecule has 1 aliphatic rings. The first-order chi connectivity index (χ1) is 18.1. The van der Waals surface area contributed by atoms with E-state index in [1.54, 1.807) is 43.9 Å². The van der Waals surface area contributed by atoms with Gasteiger partial charge in [-0.2, -0.15) is 0 Å². The number of hydrogen-bond acceptors (Lipinski definition) is 5. The van der Waals surface area contributed by atoms with E-state index in [1.165, 1.54) is 6.07 Å². The highest BCUT2D eigenvalue weighted by molar-refractivity contribution is 5.93. The van der Waals surface area contributed by atoms with Crippen molar-refractivity contribution < 1.29 is 24.2 Å². The first kappa shape index (κ1) is 29.0. The summed E-state index contributed by atoms with van der Waals surface area (Å²) >= 11 is 0. The molecule has 0 aliphatic heterocycles. The van der Waals surface area contributed by atoms with Crippen molar-refractivity contribution in [3.05, 3.63) is 65.7 Å². The molecular weight excluding hydrogens is 482 g/mol. The standard InChI is InChI=1S/C30H41N3O5/c1-5-6-19-31-27(35)26(23-17-10-11-18-25(23)34)33(22-15-12-16-22)28(36)24(20-21-13-8-7-9-14-21)32-29(37)38-30(2,3)4/h7-11,13-14,17-18,22,24,26,34H,5-6,12,15-16,19-20H2,1-4H3,(H,31,35)(H,32,37). The van der Waals surface area contributed by atoms with Crippen LogP contribution < -0.4 is 10.6 Å². The molecule has 1 aliphatic carbocycles. The summed E-state index contributed by atoms with van der Waals surface area (Å²) in [5, 5.41) is 16.5. The van der Waals surface area contributed by atoms with Crippen molar-refractivity contribution in [3.63, 3.8) is 0 Å². The molecule has 3 N–H and O–H groups in total. The predicted octanol–water partition coefficient (Wildman–Crippen LogP) is 4.87. The van der Waals surface area contributed by atoms with Crippen LogP contribution in [-0.4, -0.2) is 52.1 Å². The van der Waals surface area contributed by atoms with E-state index in [4.69, 9.17) is 4.74 Å². The van der Waals surface area contributed by atoms with E-state index in [-0.39, 0.29) is 30.0 Å². The maximum Gasteiger partial charge on any atom is 0.408 e. The Balaban J connectivity index is 2.01. The molecule has 0 bridgehead atoms. The minimum Gasteiger partial charge on any atom is -0.508 e. The van der Waals surface area contributed by atoms with Crippen molar-refractivity contribution in [1.82, 2.24) is 15.5 Å². The molecule has 2 aromatic carbocycles. The van der Waals surface area contributed by atoms with Crippen LogP contribution in [0.15, 0.2) is 54.6 Å². The molecule has 3 rings (SSSR count). The summed E-state index contributed by atoms with van der Waals surface area (Å²) in [6, 6.07) is 13.8. The number of rotatable bonds is 11. The van der Waals surface area contributed by atoms with Crippen LogP contribution in [0.2, 0.25) is 0 Å². The summed E-state index contributed by atoms with van der Waals surface area (Å²) in [6.07, 6.45) is 3.64. The number of aromatic hydroxyl groups is 1. The van der Waals surface area contributed by atoms with Gasteiger partial charge < -0.3 is 25.4 Å². The number of amides is 3. The summed E-state index contributed by atoms with van der Waals surface area (Å²) < 4.78 is 5.47. The summed E-state index contributed by atoms with van der Waals surface area (Å²) in [5.41, 5.74) is 0.481. The average molecular weight is 524 g/mol. The summed E-state index contributed by atoms with van der Waals surface area (Å²) in [6.45, 7) is 7.78. The Morgan fingerprint density at radius 3 is 2.29 bits per heavy atom. The Bertz CT molecular complexity index is 1080. The SMILES string of the molecule is CCCCNC(=O)C(c1ccccc1O)N(C(=O)C(Cc1ccccc1)NC(=O)OC(C)(C)C)C1CCC1. The third-order valence-corrected chi connectivity index (χ3v) is 6.58. The van der Waals surface area contributed by atoms with Crippen molar-refractivity contribution in [3.8, 4) is 5.75 Å². The Morgan fingerprint density at radius 1 is 1.05 bits per heavy atom. The van der Waals surface area contributed by atoms with E-state index >= 15 is 0 Å². The van der Waals surface area contributed by atoms with Crippen LogP contribution >= 0.6 is 0 Å². The zero-order valence-corrected chi connectivity index (χ0v) is 22.9. The van der Waals surface area contributed by atoms with Crippen LogP contribution in [0.5, 0.6) is 5.75 Å². The number of benzene rings is 2. The fourth-order valence-electron chi connectivity index (χ4n) is 4.48. The monoisotopic (exact) mass is 523 g/mol. The molecule has 3 amide bonds. The molecule has 0 spiro atoms. The molecule has 2 atom stereocenters. The molecule has 0 aromatic heterocycles. The van der Waals surface area contributed by atoms with Gasteiger partial charge in [-0.3, -0.25) is 9.59 Å². The lowest BCUT2D eigenvalue weighted by Gasteiger charge is -2.43. The lowest BCUT2D eigenvalue weighted by atomic mass is 9.87. The predicted molar refractivity (Wildman–Crippen MR) is 147 cm³/mol. The second-order valence-corrected chi connectivity index (χ2v) is 10.8. The van der Waals surface area contributed by atoms with Crippen molar-refractivity contribution in [2.75, 3.05) is 6.54 Å². The van der Waals surface area contributed by atoms with Gasteiger partial charge in [-0.1, -0.05) is 61.9 Å². The summed E-state index contributed by atoms with van der Waals surface area (Å²) in [5.74, 6) is -0.792. The zero-order chi connectivity index (χ0) is 27.7. The van der Waals surface area contributed by atoms with Crippen LogP contribution in [0.25, 0.3) is 0 Å². The van der Waals surface area contributed by atoms with Crippen molar-refractivity contribution >= 4 is 17.9 Å². The van der Waals surface area contributed by atoms with Crippen molar-refractivity contribution in [2.24, 2.45) is 0 Å². The summed E-state index contributed by atoms with van der Waals surface area (Å²) in [4.78, 5) is 42.4. The van der Waals surface area contributed by atoms with Gasteiger partial charge in [0.25, 0.3) is 0 Å². The number of carbonyl (C=O) groups is 3. The molecule has 8 heteroatoms. The van der Waals surface area contributed by atoms with Gasteiger partial charge in [-0.05, 0) is 58.1 Å². The van der Waals surface area contributed by atoms with Gasteiger partial charge in [0.05, 0.1) is 0 Å². The minimum atomic E-state index is -1.04. The third kappa shape index (κ3) is 7.97. The van der Waals surface area contributed by atoms with Crippen LogP contribution in [-0.2, 0) is 20.7 Å². The van der Waals surface area contributed by atoms with E-state index in [0.717, 1.165) is 37.7 Å². The highest BCUT2D eigenvalue weighted by atomic mass is 16.6. The molecule has 1 saturated carbocycles. The van der Waals surface area contributed by atoms with Crippen molar-refractivity contribution in [2.45, 2.75) is 89.9 Å². The number of carbonyl (C=O) groups excluding carboxylic acids is 3. The number of nitrogens with zero attached hydrogens (tertiary/aromatic N) is 1. The van der Waals surface area contributed by atoms with Crippen molar-refractivity contribution in [1.29, 1.82) is 0 Å². The normalized spacial score (nSPS) is 15.1. The van der Waals surface area contributed by atoms with Gasteiger partial charge in [0.1, 0.15) is 23.4 Å². The molecule has 38 heavy (non-hydrogen) atoms. The number of unbranched alkanes of at least 4 members (excludes halogenated alkanes) is 1. The second kappa shape index (κ2) is 13.3. The Morgan fingerprint density at radius 2 is 1.71 bits per heavy atom. The number of alkyl carbamates (subject to hydrolysis) is 1. The maximum atomic E-state index is 14.3. The number of ether oxygens (including phenoxy) is 1. The second-order valence-electron chi connectivity index (χ2n) is 10.8. The number of phenols is 1. The van der Waals surface area contributed by atoms with E-state index in [2.05, 4.69) is 10.6 Å². The Labute approximate surface area is 225 Å². The zero-order valence-electron chi connectivity index (χ0n) is 22.9. The molecule has 2 aromatic rings. The van der Waals surface area contributed by atoms with Gasteiger partial charge in [-0.15, -0.1) is 0 Å². The van der Waals surface area contributed by atoms with Crippen LogP contribution in [0.1, 0.15) is 77.0 Å². The van der Waals surface area contributed by atoms with E-state index < -0.39 is 23.8 Å². The van der Waals surface area contributed by atoms with E-state index in [0.29, 0.717) is 12.1 Å².